The third kappa shape index (κ3) is 3.25. The second-order valence-corrected chi connectivity index (χ2v) is 4.32. The lowest BCUT2D eigenvalue weighted by Gasteiger charge is -2.34. The highest BCUT2D eigenvalue weighted by molar-refractivity contribution is 4.78. The van der Waals surface area contributed by atoms with Crippen LogP contribution in [0.2, 0.25) is 0 Å². The van der Waals surface area contributed by atoms with Crippen molar-refractivity contribution in [3.05, 3.63) is 0 Å². The fourth-order valence-corrected chi connectivity index (χ4v) is 2.06. The van der Waals surface area contributed by atoms with E-state index in [4.69, 9.17) is 4.74 Å². The van der Waals surface area contributed by atoms with Crippen molar-refractivity contribution in [1.29, 1.82) is 0 Å². The van der Waals surface area contributed by atoms with Crippen molar-refractivity contribution in [3.8, 4) is 0 Å². The summed E-state index contributed by atoms with van der Waals surface area (Å²) in [5.74, 6) is 0. The molecule has 2 atom stereocenters. The molecule has 14 heavy (non-hydrogen) atoms. The Hall–Kier alpha value is -0.0800. The minimum Gasteiger partial charge on any atom is -0.373 e. The van der Waals surface area contributed by atoms with Gasteiger partial charge in [0.05, 0.1) is 12.2 Å². The van der Waals surface area contributed by atoms with Crippen LogP contribution < -0.4 is 5.32 Å². The van der Waals surface area contributed by atoms with Gasteiger partial charge in [-0.15, -0.1) is 0 Å². The van der Waals surface area contributed by atoms with Gasteiger partial charge in [-0.2, -0.15) is 0 Å². The van der Waals surface area contributed by atoms with E-state index in [9.17, 15) is 0 Å². The lowest BCUT2D eigenvalue weighted by molar-refractivity contribution is -0.0676. The smallest absolute Gasteiger partial charge is 0.0729 e. The molecule has 1 aliphatic rings. The van der Waals surface area contributed by atoms with E-state index < -0.39 is 0 Å². The summed E-state index contributed by atoms with van der Waals surface area (Å²) in [5.41, 5.74) is 0. The molecule has 2 unspecified atom stereocenters. The van der Waals surface area contributed by atoms with Gasteiger partial charge in [0.2, 0.25) is 0 Å². The van der Waals surface area contributed by atoms with E-state index in [1.165, 1.54) is 32.1 Å². The second kappa shape index (κ2) is 6.41. The molecular formula is C12H25NO. The normalized spacial score (nSPS) is 21.6. The average Bonchev–Trinajstić information content (AvgIpc) is 2.14. The van der Waals surface area contributed by atoms with Gasteiger partial charge < -0.3 is 10.1 Å². The molecule has 1 fully saturated rings. The molecule has 0 aromatic heterocycles. The number of ether oxygens (including phenoxy) is 1. The number of nitrogens with one attached hydrogen (secondary N) is 1. The molecule has 0 heterocycles. The van der Waals surface area contributed by atoms with E-state index in [1.54, 1.807) is 0 Å². The first-order chi connectivity index (χ1) is 6.81. The molecule has 84 valence electrons. The van der Waals surface area contributed by atoms with Crippen molar-refractivity contribution in [3.63, 3.8) is 0 Å². The highest BCUT2D eigenvalue weighted by atomic mass is 16.5. The lowest BCUT2D eigenvalue weighted by atomic mass is 9.95. The monoisotopic (exact) mass is 199 g/mol. The largest absolute Gasteiger partial charge is 0.373 e. The Bertz CT molecular complexity index is 145. The van der Waals surface area contributed by atoms with Crippen LogP contribution in [0.1, 0.15) is 52.4 Å². The van der Waals surface area contributed by atoms with E-state index in [0.29, 0.717) is 18.2 Å². The predicted molar refractivity (Wildman–Crippen MR) is 60.6 cm³/mol. The lowest BCUT2D eigenvalue weighted by Crippen LogP contribution is -2.42. The minimum atomic E-state index is 0.422. The first kappa shape index (κ1) is 12.0. The maximum absolute atomic E-state index is 6.08. The quantitative estimate of drug-likeness (QED) is 0.680. The molecule has 0 amide bonds. The van der Waals surface area contributed by atoms with Crippen molar-refractivity contribution in [2.45, 2.75) is 70.6 Å². The Morgan fingerprint density at radius 3 is 2.43 bits per heavy atom. The van der Waals surface area contributed by atoms with E-state index in [1.807, 2.05) is 7.05 Å². The maximum atomic E-state index is 6.08. The van der Waals surface area contributed by atoms with Crippen LogP contribution in [0.4, 0.5) is 0 Å². The zero-order chi connectivity index (χ0) is 10.4. The molecule has 0 radical (unpaired) electrons. The summed E-state index contributed by atoms with van der Waals surface area (Å²) < 4.78 is 6.08. The van der Waals surface area contributed by atoms with Gasteiger partial charge in [-0.1, -0.05) is 20.3 Å². The zero-order valence-corrected chi connectivity index (χ0v) is 9.88. The van der Waals surface area contributed by atoms with Gasteiger partial charge in [0.25, 0.3) is 0 Å². The molecule has 2 nitrogen and oxygen atoms in total. The van der Waals surface area contributed by atoms with Crippen LogP contribution in [0.5, 0.6) is 0 Å². The van der Waals surface area contributed by atoms with Crippen LogP contribution in [-0.2, 0) is 4.74 Å². The second-order valence-electron chi connectivity index (χ2n) is 4.32. The molecule has 2 heteroatoms. The van der Waals surface area contributed by atoms with Crippen molar-refractivity contribution in [2.24, 2.45) is 0 Å². The molecule has 1 N–H and O–H groups in total. The SMILES string of the molecule is CCCC(NC)C(CC)OC1CCC1. The third-order valence-corrected chi connectivity index (χ3v) is 3.24. The third-order valence-electron chi connectivity index (χ3n) is 3.24. The highest BCUT2D eigenvalue weighted by Gasteiger charge is 2.25. The van der Waals surface area contributed by atoms with Crippen molar-refractivity contribution in [2.75, 3.05) is 7.05 Å². The van der Waals surface area contributed by atoms with Gasteiger partial charge in [-0.05, 0) is 39.2 Å². The predicted octanol–water partition coefficient (Wildman–Crippen LogP) is 2.72. The minimum absolute atomic E-state index is 0.422. The summed E-state index contributed by atoms with van der Waals surface area (Å²) in [5, 5.41) is 3.38. The molecular weight excluding hydrogens is 174 g/mol. The Morgan fingerprint density at radius 2 is 2.07 bits per heavy atom. The standard InChI is InChI=1S/C12H25NO/c1-4-7-11(13-3)12(5-2)14-10-8-6-9-10/h10-13H,4-9H2,1-3H3. The van der Waals surface area contributed by atoms with E-state index >= 15 is 0 Å². The first-order valence-electron chi connectivity index (χ1n) is 6.14. The van der Waals surface area contributed by atoms with E-state index in [-0.39, 0.29) is 0 Å². The van der Waals surface area contributed by atoms with Crippen molar-refractivity contribution >= 4 is 0 Å². The molecule has 1 rings (SSSR count). The summed E-state index contributed by atoms with van der Waals surface area (Å²) in [7, 11) is 2.05. The summed E-state index contributed by atoms with van der Waals surface area (Å²) in [6.45, 7) is 4.46. The molecule has 1 saturated carbocycles. The fourth-order valence-electron chi connectivity index (χ4n) is 2.06. The molecule has 0 aliphatic heterocycles. The number of rotatable bonds is 7. The Morgan fingerprint density at radius 1 is 1.36 bits per heavy atom. The molecule has 0 aromatic rings. The van der Waals surface area contributed by atoms with Crippen LogP contribution in [0.15, 0.2) is 0 Å². The molecule has 0 spiro atoms. The summed E-state index contributed by atoms with van der Waals surface area (Å²) in [4.78, 5) is 0. The van der Waals surface area contributed by atoms with Crippen LogP contribution >= 0.6 is 0 Å². The highest BCUT2D eigenvalue weighted by Crippen LogP contribution is 2.25. The van der Waals surface area contributed by atoms with Gasteiger partial charge >= 0.3 is 0 Å². The van der Waals surface area contributed by atoms with Gasteiger partial charge in [0.1, 0.15) is 0 Å². The van der Waals surface area contributed by atoms with Gasteiger partial charge in [-0.25, -0.2) is 0 Å². The van der Waals surface area contributed by atoms with Gasteiger partial charge in [0, 0.05) is 6.04 Å². The Labute approximate surface area is 88.4 Å². The maximum Gasteiger partial charge on any atom is 0.0729 e. The summed E-state index contributed by atoms with van der Waals surface area (Å²) in [6, 6.07) is 0.547. The van der Waals surface area contributed by atoms with Crippen LogP contribution in [-0.4, -0.2) is 25.3 Å². The Kier molecular flexibility index (Phi) is 5.49. The Balaban J connectivity index is 2.32. The van der Waals surface area contributed by atoms with E-state index in [0.717, 1.165) is 6.42 Å². The zero-order valence-electron chi connectivity index (χ0n) is 9.88. The van der Waals surface area contributed by atoms with Crippen molar-refractivity contribution < 1.29 is 4.74 Å². The van der Waals surface area contributed by atoms with Crippen LogP contribution in [0.3, 0.4) is 0 Å². The van der Waals surface area contributed by atoms with Gasteiger partial charge in [0.15, 0.2) is 0 Å². The average molecular weight is 199 g/mol. The molecule has 1 aliphatic carbocycles. The van der Waals surface area contributed by atoms with Crippen LogP contribution in [0.25, 0.3) is 0 Å². The van der Waals surface area contributed by atoms with Crippen LogP contribution in [0, 0.1) is 0 Å². The number of likely N-dealkylation sites (N-methyl/N-ethyl adjacent to an activating group) is 1. The number of hydrogen-bond acceptors (Lipinski definition) is 2. The summed E-state index contributed by atoms with van der Waals surface area (Å²) >= 11 is 0. The summed E-state index contributed by atoms with van der Waals surface area (Å²) in [6.07, 6.45) is 8.48. The van der Waals surface area contributed by atoms with Crippen molar-refractivity contribution in [1.82, 2.24) is 5.32 Å². The molecule has 0 aromatic carbocycles. The topological polar surface area (TPSA) is 21.3 Å². The fraction of sp³-hybridized carbons (Fsp3) is 1.00. The molecule has 0 bridgehead atoms. The van der Waals surface area contributed by atoms with Gasteiger partial charge in [-0.3, -0.25) is 0 Å². The molecule has 0 saturated heterocycles. The first-order valence-corrected chi connectivity index (χ1v) is 6.14. The van der Waals surface area contributed by atoms with E-state index in [2.05, 4.69) is 19.2 Å². The number of hydrogen-bond donors (Lipinski definition) is 1.